The van der Waals surface area contributed by atoms with Crippen LogP contribution in [-0.4, -0.2) is 62.6 Å². The second-order valence-corrected chi connectivity index (χ2v) is 7.86. The van der Waals surface area contributed by atoms with Crippen molar-refractivity contribution in [3.63, 3.8) is 0 Å². The van der Waals surface area contributed by atoms with Gasteiger partial charge in [0, 0.05) is 6.54 Å². The minimum atomic E-state index is -5.65. The van der Waals surface area contributed by atoms with E-state index < -0.39 is 38.7 Å². The Kier molecular flexibility index (Phi) is 6.26. The van der Waals surface area contributed by atoms with Crippen molar-refractivity contribution in [2.75, 3.05) is 32.1 Å². The van der Waals surface area contributed by atoms with Crippen LogP contribution in [0.5, 0.6) is 0 Å². The number of amides is 1. The second kappa shape index (κ2) is 7.97. The first-order valence-corrected chi connectivity index (χ1v) is 9.39. The van der Waals surface area contributed by atoms with E-state index in [4.69, 9.17) is 16.7 Å². The van der Waals surface area contributed by atoms with Crippen LogP contribution in [0, 0.1) is 0 Å². The van der Waals surface area contributed by atoms with Gasteiger partial charge in [-0.3, -0.25) is 4.79 Å². The lowest BCUT2D eigenvalue weighted by Crippen LogP contribution is -2.31. The number of nitrogens with zero attached hydrogens (tertiary/aromatic N) is 1. The van der Waals surface area contributed by atoms with Gasteiger partial charge in [-0.05, 0) is 18.2 Å². The molecular weight excluding hydrogens is 429 g/mol. The van der Waals surface area contributed by atoms with Gasteiger partial charge >= 0.3 is 11.5 Å². The largest absolute Gasteiger partial charge is 0.501 e. The molecule has 1 aliphatic heterocycles. The van der Waals surface area contributed by atoms with Gasteiger partial charge in [0.2, 0.25) is 0 Å². The van der Waals surface area contributed by atoms with E-state index >= 15 is 0 Å². The van der Waals surface area contributed by atoms with Gasteiger partial charge in [-0.15, -0.1) is 0 Å². The minimum absolute atomic E-state index is 0.110. The van der Waals surface area contributed by atoms with Gasteiger partial charge in [-0.2, -0.15) is 13.2 Å². The van der Waals surface area contributed by atoms with Crippen LogP contribution in [0.15, 0.2) is 34.4 Å². The molecule has 0 radical (unpaired) electrons. The fourth-order valence-electron chi connectivity index (χ4n) is 2.38. The molecule has 0 aliphatic carbocycles. The predicted molar refractivity (Wildman–Crippen MR) is 91.0 cm³/mol. The van der Waals surface area contributed by atoms with E-state index in [-0.39, 0.29) is 35.1 Å². The standard InChI is InChI=1S/C15H14ClF3N2O6S/c1-27-14(24)9-7-21(4-5-22)13(23)12(9)20-11-6-8(2-3-10(11)16)28(25,26)15(17,18)19/h2-3,6,20,22H,4-5,7H2,1H3. The van der Waals surface area contributed by atoms with Crippen LogP contribution in [-0.2, 0) is 24.2 Å². The van der Waals surface area contributed by atoms with Crippen molar-refractivity contribution in [1.29, 1.82) is 0 Å². The molecule has 0 fully saturated rings. The molecule has 1 amide bonds. The Morgan fingerprint density at radius 3 is 2.57 bits per heavy atom. The third-order valence-corrected chi connectivity index (χ3v) is 5.58. The summed E-state index contributed by atoms with van der Waals surface area (Å²) >= 11 is 5.90. The molecule has 2 rings (SSSR count). The number of esters is 1. The molecule has 1 aromatic rings. The van der Waals surface area contributed by atoms with Crippen LogP contribution >= 0.6 is 11.6 Å². The van der Waals surface area contributed by atoms with E-state index in [9.17, 15) is 31.2 Å². The normalized spacial score (nSPS) is 15.2. The van der Waals surface area contributed by atoms with Crippen LogP contribution in [0.4, 0.5) is 18.9 Å². The van der Waals surface area contributed by atoms with Crippen LogP contribution < -0.4 is 5.32 Å². The minimum Gasteiger partial charge on any atom is -0.466 e. The number of hydrogen-bond acceptors (Lipinski definition) is 7. The SMILES string of the molecule is COC(=O)C1=C(Nc2cc(S(=O)(=O)C(F)(F)F)ccc2Cl)C(=O)N(CCO)C1. The molecule has 28 heavy (non-hydrogen) atoms. The number of carbonyl (C=O) groups is 2. The van der Waals surface area contributed by atoms with Gasteiger partial charge in [-0.25, -0.2) is 13.2 Å². The Bertz CT molecular complexity index is 946. The summed E-state index contributed by atoms with van der Waals surface area (Å²) in [5.41, 5.74) is -6.36. The molecule has 0 unspecified atom stereocenters. The smallest absolute Gasteiger partial charge is 0.466 e. The van der Waals surface area contributed by atoms with Crippen LogP contribution in [0.1, 0.15) is 0 Å². The molecule has 2 N–H and O–H groups in total. The van der Waals surface area contributed by atoms with E-state index in [0.29, 0.717) is 12.1 Å². The lowest BCUT2D eigenvalue weighted by atomic mass is 10.2. The average molecular weight is 443 g/mol. The maximum Gasteiger partial charge on any atom is 0.501 e. The first-order chi connectivity index (χ1) is 12.9. The summed E-state index contributed by atoms with van der Waals surface area (Å²) in [5, 5.41) is 11.2. The zero-order chi connectivity index (χ0) is 21.3. The number of methoxy groups -OCH3 is 1. The topological polar surface area (TPSA) is 113 Å². The van der Waals surface area contributed by atoms with E-state index in [0.717, 1.165) is 18.1 Å². The van der Waals surface area contributed by atoms with Gasteiger partial charge in [0.05, 0.1) is 41.4 Å². The van der Waals surface area contributed by atoms with E-state index in [1.54, 1.807) is 0 Å². The summed E-state index contributed by atoms with van der Waals surface area (Å²) in [6, 6.07) is 2.18. The van der Waals surface area contributed by atoms with E-state index in [2.05, 4.69) is 10.1 Å². The number of aliphatic hydroxyl groups is 1. The van der Waals surface area contributed by atoms with Crippen molar-refractivity contribution in [2.24, 2.45) is 0 Å². The summed E-state index contributed by atoms with van der Waals surface area (Å²) < 4.78 is 66.1. The number of rotatable bonds is 6. The Morgan fingerprint density at radius 2 is 2.04 bits per heavy atom. The fraction of sp³-hybridized carbons (Fsp3) is 0.333. The summed E-state index contributed by atoms with van der Waals surface area (Å²) in [4.78, 5) is 24.3. The molecule has 0 spiro atoms. The molecular formula is C15H14ClF3N2O6S. The number of hydrogen-bond donors (Lipinski definition) is 2. The van der Waals surface area contributed by atoms with Gasteiger partial charge in [0.25, 0.3) is 15.7 Å². The molecule has 0 bridgehead atoms. The Hall–Kier alpha value is -2.31. The first-order valence-electron chi connectivity index (χ1n) is 7.53. The number of β-amino-alcohol motifs (C(OH)–C–C–N with tert-alkyl or cyclic N) is 1. The highest BCUT2D eigenvalue weighted by atomic mass is 35.5. The third-order valence-electron chi connectivity index (χ3n) is 3.77. The van der Waals surface area contributed by atoms with Crippen molar-refractivity contribution in [3.8, 4) is 0 Å². The summed E-state index contributed by atoms with van der Waals surface area (Å²) in [7, 11) is -4.59. The third kappa shape index (κ3) is 4.08. The van der Waals surface area contributed by atoms with Crippen molar-refractivity contribution in [3.05, 3.63) is 34.5 Å². The number of aliphatic hydroxyl groups excluding tert-OH is 1. The Morgan fingerprint density at radius 1 is 1.39 bits per heavy atom. The number of benzene rings is 1. The molecule has 154 valence electrons. The number of alkyl halides is 3. The van der Waals surface area contributed by atoms with E-state index in [1.165, 1.54) is 0 Å². The highest BCUT2D eigenvalue weighted by molar-refractivity contribution is 7.92. The maximum atomic E-state index is 12.8. The average Bonchev–Trinajstić information content (AvgIpc) is 2.91. The van der Waals surface area contributed by atoms with Crippen molar-refractivity contribution >= 4 is 39.0 Å². The first kappa shape index (κ1) is 22.0. The number of carbonyl (C=O) groups excluding carboxylic acids is 2. The number of nitrogens with one attached hydrogen (secondary N) is 1. The van der Waals surface area contributed by atoms with Gasteiger partial charge in [0.15, 0.2) is 0 Å². The summed E-state index contributed by atoms with van der Waals surface area (Å²) in [6.07, 6.45) is 0. The maximum absolute atomic E-state index is 12.8. The van der Waals surface area contributed by atoms with E-state index in [1.807, 2.05) is 0 Å². The molecule has 13 heteroatoms. The van der Waals surface area contributed by atoms with Crippen LogP contribution in [0.3, 0.4) is 0 Å². The van der Waals surface area contributed by atoms with Gasteiger partial charge in [0.1, 0.15) is 5.70 Å². The summed E-state index contributed by atoms with van der Waals surface area (Å²) in [6.45, 7) is -0.721. The molecule has 0 saturated heterocycles. The lowest BCUT2D eigenvalue weighted by Gasteiger charge is -2.16. The second-order valence-electron chi connectivity index (χ2n) is 5.51. The molecule has 1 aliphatic rings. The highest BCUT2D eigenvalue weighted by Crippen LogP contribution is 2.35. The zero-order valence-electron chi connectivity index (χ0n) is 14.2. The number of ether oxygens (including phenoxy) is 1. The lowest BCUT2D eigenvalue weighted by molar-refractivity contribution is -0.136. The predicted octanol–water partition coefficient (Wildman–Crippen LogP) is 1.31. The molecule has 0 aromatic heterocycles. The number of halogens is 4. The highest BCUT2D eigenvalue weighted by Gasteiger charge is 2.47. The fourth-order valence-corrected chi connectivity index (χ4v) is 3.34. The Labute approximate surface area is 162 Å². The molecule has 1 aromatic carbocycles. The van der Waals surface area contributed by atoms with Crippen molar-refractivity contribution in [1.82, 2.24) is 4.90 Å². The van der Waals surface area contributed by atoms with Crippen molar-refractivity contribution < 1.29 is 41.0 Å². The quantitative estimate of drug-likeness (QED) is 0.638. The molecule has 8 nitrogen and oxygen atoms in total. The molecule has 0 atom stereocenters. The van der Waals surface area contributed by atoms with Crippen molar-refractivity contribution in [2.45, 2.75) is 10.4 Å². The van der Waals surface area contributed by atoms with Crippen LogP contribution in [0.2, 0.25) is 5.02 Å². The summed E-state index contributed by atoms with van der Waals surface area (Å²) in [5.74, 6) is -1.62. The number of anilines is 1. The molecule has 0 saturated carbocycles. The van der Waals surface area contributed by atoms with Gasteiger partial charge in [-0.1, -0.05) is 11.6 Å². The Balaban J connectivity index is 2.49. The van der Waals surface area contributed by atoms with Gasteiger partial charge < -0.3 is 20.1 Å². The number of sulfone groups is 1. The zero-order valence-corrected chi connectivity index (χ0v) is 15.8. The molecule has 1 heterocycles. The monoisotopic (exact) mass is 442 g/mol. The van der Waals surface area contributed by atoms with Crippen LogP contribution in [0.25, 0.3) is 0 Å².